The van der Waals surface area contributed by atoms with Crippen molar-refractivity contribution in [1.29, 1.82) is 0 Å². The molecule has 0 aliphatic rings. The van der Waals surface area contributed by atoms with Crippen LogP contribution in [0.1, 0.15) is 0 Å². The Morgan fingerprint density at radius 1 is 0.857 bits per heavy atom. The molecule has 5 aromatic rings. The Hall–Kier alpha value is -4.31. The highest BCUT2D eigenvalue weighted by Crippen LogP contribution is 2.41. The summed E-state index contributed by atoms with van der Waals surface area (Å²) in [5.74, 6) is 3.41. The van der Waals surface area contributed by atoms with Gasteiger partial charge in [-0.1, -0.05) is 0 Å². The summed E-state index contributed by atoms with van der Waals surface area (Å²) >= 11 is 1.61. The van der Waals surface area contributed by atoms with Crippen LogP contribution in [-0.4, -0.2) is 48.0 Å². The summed E-state index contributed by atoms with van der Waals surface area (Å²) in [5, 5.41) is 7.43. The third-order valence-corrected chi connectivity index (χ3v) is 6.13. The van der Waals surface area contributed by atoms with Gasteiger partial charge in [0.1, 0.15) is 12.1 Å². The van der Waals surface area contributed by atoms with Crippen LogP contribution in [0.3, 0.4) is 0 Å². The lowest BCUT2D eigenvalue weighted by atomic mass is 10.2. The molecule has 0 unspecified atom stereocenters. The van der Waals surface area contributed by atoms with Crippen molar-refractivity contribution in [3.63, 3.8) is 0 Å². The second kappa shape index (κ2) is 9.51. The molecule has 0 bridgehead atoms. The number of hydrogen-bond donors (Lipinski definition) is 1. The van der Waals surface area contributed by atoms with Gasteiger partial charge in [-0.2, -0.15) is 11.3 Å². The minimum Gasteiger partial charge on any atom is -0.497 e. The van der Waals surface area contributed by atoms with Crippen molar-refractivity contribution in [3.8, 4) is 40.1 Å². The van der Waals surface area contributed by atoms with Crippen LogP contribution in [0.2, 0.25) is 0 Å². The van der Waals surface area contributed by atoms with E-state index in [9.17, 15) is 0 Å². The highest BCUT2D eigenvalue weighted by Gasteiger charge is 2.18. The molecule has 0 aliphatic carbocycles. The molecule has 0 atom stereocenters. The zero-order valence-corrected chi connectivity index (χ0v) is 20.4. The van der Waals surface area contributed by atoms with Crippen LogP contribution in [0, 0.1) is 0 Å². The Morgan fingerprint density at radius 3 is 2.20 bits per heavy atom. The smallest absolute Gasteiger partial charge is 0.203 e. The molecular weight excluding hydrogens is 466 g/mol. The van der Waals surface area contributed by atoms with Crippen molar-refractivity contribution in [1.82, 2.24) is 19.5 Å². The number of rotatable bonds is 8. The summed E-state index contributed by atoms with van der Waals surface area (Å²) in [6.07, 6.45) is 1.75. The molecule has 9 nitrogen and oxygen atoms in total. The third-order valence-electron chi connectivity index (χ3n) is 5.46. The van der Waals surface area contributed by atoms with Crippen molar-refractivity contribution in [2.45, 2.75) is 0 Å². The average Bonchev–Trinajstić information content (AvgIpc) is 3.58. The molecule has 0 saturated carbocycles. The summed E-state index contributed by atoms with van der Waals surface area (Å²) in [6, 6.07) is 13.3. The molecule has 35 heavy (non-hydrogen) atoms. The maximum atomic E-state index is 5.50. The van der Waals surface area contributed by atoms with Crippen LogP contribution in [-0.2, 0) is 0 Å². The SMILES string of the molecule is COc1ccc(-c2nc(Nc3cc(OC)c(OC)c(OC)c3)c3ncn(-c4ccsc4)c3n2)cc1. The average molecular weight is 490 g/mol. The van der Waals surface area contributed by atoms with Gasteiger partial charge in [-0.15, -0.1) is 0 Å². The molecule has 10 heteroatoms. The second-order valence-corrected chi connectivity index (χ2v) is 8.21. The number of fused-ring (bicyclic) bond motifs is 1. The lowest BCUT2D eigenvalue weighted by Crippen LogP contribution is -2.02. The molecule has 3 aromatic heterocycles. The van der Waals surface area contributed by atoms with E-state index in [1.807, 2.05) is 57.8 Å². The van der Waals surface area contributed by atoms with E-state index in [4.69, 9.17) is 28.9 Å². The molecule has 0 saturated heterocycles. The van der Waals surface area contributed by atoms with Crippen molar-refractivity contribution in [2.24, 2.45) is 0 Å². The third kappa shape index (κ3) is 4.19. The number of benzene rings is 2. The number of nitrogens with zero attached hydrogens (tertiary/aromatic N) is 4. The van der Waals surface area contributed by atoms with Crippen LogP contribution in [0.25, 0.3) is 28.2 Å². The molecule has 0 amide bonds. The summed E-state index contributed by atoms with van der Waals surface area (Å²) in [6.45, 7) is 0. The van der Waals surface area contributed by atoms with Crippen molar-refractivity contribution in [2.75, 3.05) is 33.8 Å². The second-order valence-electron chi connectivity index (χ2n) is 7.43. The summed E-state index contributed by atoms with van der Waals surface area (Å²) in [4.78, 5) is 14.3. The van der Waals surface area contributed by atoms with Crippen LogP contribution in [0.4, 0.5) is 11.5 Å². The quantitative estimate of drug-likeness (QED) is 0.313. The van der Waals surface area contributed by atoms with Gasteiger partial charge in [0.15, 0.2) is 34.3 Å². The molecular formula is C25H23N5O4S. The maximum Gasteiger partial charge on any atom is 0.203 e. The van der Waals surface area contributed by atoms with Gasteiger partial charge in [0.2, 0.25) is 5.75 Å². The monoisotopic (exact) mass is 489 g/mol. The highest BCUT2D eigenvalue weighted by molar-refractivity contribution is 7.08. The fourth-order valence-corrected chi connectivity index (χ4v) is 4.36. The van der Waals surface area contributed by atoms with Crippen LogP contribution < -0.4 is 24.3 Å². The lowest BCUT2D eigenvalue weighted by molar-refractivity contribution is 0.324. The fraction of sp³-hybridized carbons (Fsp3) is 0.160. The van der Waals surface area contributed by atoms with Gasteiger partial charge in [0.05, 0.1) is 34.1 Å². The number of thiophene rings is 1. The summed E-state index contributed by atoms with van der Waals surface area (Å²) < 4.78 is 23.7. The number of nitrogens with one attached hydrogen (secondary N) is 1. The Morgan fingerprint density at radius 2 is 1.60 bits per heavy atom. The minimum absolute atomic E-state index is 0.508. The molecule has 0 spiro atoms. The maximum absolute atomic E-state index is 5.50. The van der Waals surface area contributed by atoms with E-state index in [0.717, 1.165) is 17.0 Å². The number of anilines is 2. The number of aromatic nitrogens is 4. The van der Waals surface area contributed by atoms with Gasteiger partial charge in [-0.3, -0.25) is 4.57 Å². The highest BCUT2D eigenvalue weighted by atomic mass is 32.1. The first-order chi connectivity index (χ1) is 17.1. The number of hydrogen-bond acceptors (Lipinski definition) is 9. The van der Waals surface area contributed by atoms with Gasteiger partial charge in [-0.05, 0) is 35.7 Å². The van der Waals surface area contributed by atoms with Crippen LogP contribution >= 0.6 is 11.3 Å². The van der Waals surface area contributed by atoms with E-state index in [1.54, 1.807) is 46.1 Å². The van der Waals surface area contributed by atoms with E-state index in [2.05, 4.69) is 10.3 Å². The minimum atomic E-state index is 0.508. The largest absolute Gasteiger partial charge is 0.497 e. The number of ether oxygens (including phenoxy) is 4. The lowest BCUT2D eigenvalue weighted by Gasteiger charge is -2.15. The summed E-state index contributed by atoms with van der Waals surface area (Å²) in [5.41, 5.74) is 3.83. The Bertz CT molecular complexity index is 1440. The molecule has 0 aliphatic heterocycles. The van der Waals surface area contributed by atoms with E-state index < -0.39 is 0 Å². The molecule has 178 valence electrons. The predicted octanol–water partition coefficient (Wildman–Crippen LogP) is 5.32. The molecule has 3 heterocycles. The van der Waals surface area contributed by atoms with Crippen molar-refractivity contribution in [3.05, 3.63) is 59.6 Å². The van der Waals surface area contributed by atoms with Gasteiger partial charge in [0.25, 0.3) is 0 Å². The zero-order chi connectivity index (χ0) is 24.4. The van der Waals surface area contributed by atoms with E-state index >= 15 is 0 Å². The Balaban J connectivity index is 1.67. The zero-order valence-electron chi connectivity index (χ0n) is 19.6. The molecule has 5 rings (SSSR count). The van der Waals surface area contributed by atoms with E-state index in [-0.39, 0.29) is 0 Å². The Labute approximate surface area is 205 Å². The number of imidazole rings is 1. The molecule has 0 radical (unpaired) electrons. The van der Waals surface area contributed by atoms with Gasteiger partial charge < -0.3 is 24.3 Å². The number of methoxy groups -OCH3 is 4. The molecule has 2 aromatic carbocycles. The molecule has 0 fully saturated rings. The van der Waals surface area contributed by atoms with E-state index in [1.165, 1.54) is 0 Å². The first-order valence-corrected chi connectivity index (χ1v) is 11.6. The summed E-state index contributed by atoms with van der Waals surface area (Å²) in [7, 11) is 6.36. The van der Waals surface area contributed by atoms with Gasteiger partial charge in [-0.25, -0.2) is 15.0 Å². The topological polar surface area (TPSA) is 92.5 Å². The first-order valence-electron chi connectivity index (χ1n) is 10.6. The first kappa shape index (κ1) is 22.5. The van der Waals surface area contributed by atoms with Crippen molar-refractivity contribution >= 4 is 34.0 Å². The van der Waals surface area contributed by atoms with Crippen LogP contribution in [0.15, 0.2) is 59.6 Å². The standard InChI is InChI=1S/C25H23N5O4S/c1-31-18-7-5-15(6-8-18)23-28-24(21-25(29-23)30(14-26-21)17-9-10-35-13-17)27-16-11-19(32-2)22(34-4)20(12-16)33-3/h5-14H,1-4H3,(H,27,28,29). The van der Waals surface area contributed by atoms with Crippen molar-refractivity contribution < 1.29 is 18.9 Å². The van der Waals surface area contributed by atoms with Gasteiger partial charge >= 0.3 is 0 Å². The Kier molecular flexibility index (Phi) is 6.11. The van der Waals surface area contributed by atoms with E-state index in [0.29, 0.717) is 45.7 Å². The van der Waals surface area contributed by atoms with Crippen LogP contribution in [0.5, 0.6) is 23.0 Å². The normalized spacial score (nSPS) is 10.9. The predicted molar refractivity (Wildman–Crippen MR) is 136 cm³/mol. The van der Waals surface area contributed by atoms with Gasteiger partial charge in [0, 0.05) is 28.8 Å². The fourth-order valence-electron chi connectivity index (χ4n) is 3.73. The molecule has 1 N–H and O–H groups in total.